The number of sulfonamides is 1. The lowest BCUT2D eigenvalue weighted by atomic mass is 10.2. The molecule has 1 atom stereocenters. The monoisotopic (exact) mass is 372 g/mol. The minimum atomic E-state index is -3.67. The Balaban J connectivity index is 2.02. The molecule has 1 saturated heterocycles. The van der Waals surface area contributed by atoms with E-state index < -0.39 is 10.0 Å². The molecule has 0 unspecified atom stereocenters. The van der Waals surface area contributed by atoms with E-state index in [2.05, 4.69) is 5.32 Å². The molecule has 1 fully saturated rings. The van der Waals surface area contributed by atoms with Crippen LogP contribution in [0.3, 0.4) is 0 Å². The molecule has 8 nitrogen and oxygen atoms in total. The van der Waals surface area contributed by atoms with E-state index in [4.69, 9.17) is 14.2 Å². The lowest BCUT2D eigenvalue weighted by Crippen LogP contribution is -2.39. The molecule has 0 saturated carbocycles. The fourth-order valence-electron chi connectivity index (χ4n) is 2.28. The predicted molar refractivity (Wildman–Crippen MR) is 91.0 cm³/mol. The average molecular weight is 372 g/mol. The summed E-state index contributed by atoms with van der Waals surface area (Å²) in [5.74, 6) is -0.356. The Morgan fingerprint density at radius 1 is 1.40 bits per heavy atom. The number of nitrogens with one attached hydrogen (secondary N) is 1. The number of carbonyl (C=O) groups excluding carboxylic acids is 1. The highest BCUT2D eigenvalue weighted by atomic mass is 32.2. The number of benzene rings is 1. The molecule has 25 heavy (non-hydrogen) atoms. The first-order valence-electron chi connectivity index (χ1n) is 7.98. The summed E-state index contributed by atoms with van der Waals surface area (Å²) in [5.41, 5.74) is 0.276. The molecule has 1 aromatic rings. The van der Waals surface area contributed by atoms with Crippen LogP contribution in [0, 0.1) is 0 Å². The van der Waals surface area contributed by atoms with Crippen molar-refractivity contribution in [2.45, 2.75) is 11.0 Å². The first-order chi connectivity index (χ1) is 11.9. The van der Waals surface area contributed by atoms with Gasteiger partial charge in [-0.3, -0.25) is 4.79 Å². The van der Waals surface area contributed by atoms with Gasteiger partial charge in [-0.25, -0.2) is 8.42 Å². The summed E-state index contributed by atoms with van der Waals surface area (Å²) in [6, 6.07) is 5.95. The number of carbonyl (C=O) groups is 1. The van der Waals surface area contributed by atoms with Crippen LogP contribution in [-0.4, -0.2) is 78.4 Å². The van der Waals surface area contributed by atoms with E-state index in [1.54, 1.807) is 12.1 Å². The van der Waals surface area contributed by atoms with Gasteiger partial charge in [-0.05, 0) is 18.2 Å². The van der Waals surface area contributed by atoms with Gasteiger partial charge >= 0.3 is 0 Å². The summed E-state index contributed by atoms with van der Waals surface area (Å²) in [6.07, 6.45) is -0.190. The number of likely N-dealkylation sites (N-methyl/N-ethyl adjacent to an activating group) is 1. The van der Waals surface area contributed by atoms with Crippen LogP contribution >= 0.6 is 0 Å². The summed E-state index contributed by atoms with van der Waals surface area (Å²) < 4.78 is 41.9. The summed E-state index contributed by atoms with van der Waals surface area (Å²) in [6.45, 7) is 2.32. The van der Waals surface area contributed by atoms with Gasteiger partial charge in [0, 0.05) is 32.8 Å². The van der Waals surface area contributed by atoms with E-state index >= 15 is 0 Å². The van der Waals surface area contributed by atoms with Gasteiger partial charge in [0.2, 0.25) is 10.0 Å². The number of hydrogen-bond donors (Lipinski definition) is 1. The molecular weight excluding hydrogens is 348 g/mol. The van der Waals surface area contributed by atoms with Crippen LogP contribution in [0.2, 0.25) is 0 Å². The number of amides is 1. The van der Waals surface area contributed by atoms with Crippen LogP contribution in [0.5, 0.6) is 0 Å². The van der Waals surface area contributed by atoms with E-state index in [0.717, 1.165) is 0 Å². The molecule has 1 aromatic carbocycles. The van der Waals surface area contributed by atoms with Gasteiger partial charge in [0.1, 0.15) is 0 Å². The molecule has 0 radical (unpaired) electrons. The van der Waals surface area contributed by atoms with E-state index in [1.165, 1.54) is 30.6 Å². The van der Waals surface area contributed by atoms with E-state index in [9.17, 15) is 13.2 Å². The van der Waals surface area contributed by atoms with Crippen LogP contribution in [-0.2, 0) is 24.2 Å². The molecular formula is C16H24N2O6S. The number of ether oxygens (including phenoxy) is 3. The third kappa shape index (κ3) is 5.48. The molecule has 0 spiro atoms. The van der Waals surface area contributed by atoms with Crippen molar-refractivity contribution >= 4 is 15.9 Å². The van der Waals surface area contributed by atoms with E-state index in [0.29, 0.717) is 33.0 Å². The molecule has 1 aliphatic heterocycles. The Bertz CT molecular complexity index is 673. The molecule has 1 amide bonds. The lowest BCUT2D eigenvalue weighted by Gasteiger charge is -2.23. The molecule has 140 valence electrons. The highest BCUT2D eigenvalue weighted by Gasteiger charge is 2.22. The second-order valence-corrected chi connectivity index (χ2v) is 7.67. The predicted octanol–water partition coefficient (Wildman–Crippen LogP) is 0.0987. The lowest BCUT2D eigenvalue weighted by molar-refractivity contribution is -0.0855. The summed E-state index contributed by atoms with van der Waals surface area (Å²) in [5, 5.41) is 2.74. The van der Waals surface area contributed by atoms with Crippen molar-refractivity contribution in [3.05, 3.63) is 29.8 Å². The Hall–Kier alpha value is -1.52. The first-order valence-corrected chi connectivity index (χ1v) is 9.42. The smallest absolute Gasteiger partial charge is 0.251 e. The Morgan fingerprint density at radius 2 is 2.20 bits per heavy atom. The van der Waals surface area contributed by atoms with Crippen molar-refractivity contribution in [1.29, 1.82) is 0 Å². The second kappa shape index (κ2) is 9.25. The van der Waals surface area contributed by atoms with Crippen molar-refractivity contribution in [2.24, 2.45) is 0 Å². The second-order valence-electron chi connectivity index (χ2n) is 5.62. The van der Waals surface area contributed by atoms with Gasteiger partial charge in [0.15, 0.2) is 0 Å². The zero-order valence-corrected chi connectivity index (χ0v) is 15.3. The van der Waals surface area contributed by atoms with Crippen molar-refractivity contribution in [3.8, 4) is 0 Å². The van der Waals surface area contributed by atoms with Crippen molar-refractivity contribution in [2.75, 3.05) is 53.7 Å². The molecule has 0 aromatic heterocycles. The fraction of sp³-hybridized carbons (Fsp3) is 0.562. The summed E-state index contributed by atoms with van der Waals surface area (Å²) >= 11 is 0. The topological polar surface area (TPSA) is 94.2 Å². The Kier molecular flexibility index (Phi) is 7.33. The molecule has 1 N–H and O–H groups in total. The largest absolute Gasteiger partial charge is 0.383 e. The molecule has 9 heteroatoms. The third-order valence-corrected chi connectivity index (χ3v) is 5.64. The van der Waals surface area contributed by atoms with Crippen molar-refractivity contribution in [1.82, 2.24) is 9.62 Å². The number of rotatable bonds is 8. The van der Waals surface area contributed by atoms with Gasteiger partial charge in [-0.1, -0.05) is 6.07 Å². The molecule has 0 aliphatic carbocycles. The maximum Gasteiger partial charge on any atom is 0.251 e. The van der Waals surface area contributed by atoms with Gasteiger partial charge < -0.3 is 19.5 Å². The average Bonchev–Trinajstić information content (AvgIpc) is 2.65. The van der Waals surface area contributed by atoms with Crippen LogP contribution in [0.15, 0.2) is 29.2 Å². The zero-order chi connectivity index (χ0) is 18.3. The van der Waals surface area contributed by atoms with Crippen molar-refractivity contribution in [3.63, 3.8) is 0 Å². The minimum absolute atomic E-state index is 0.0657. The number of nitrogens with zero attached hydrogens (tertiary/aromatic N) is 1. The van der Waals surface area contributed by atoms with E-state index in [1.807, 2.05) is 0 Å². The zero-order valence-electron chi connectivity index (χ0n) is 14.4. The molecule has 1 heterocycles. The number of methoxy groups -OCH3 is 1. The summed E-state index contributed by atoms with van der Waals surface area (Å²) in [4.78, 5) is 12.3. The van der Waals surface area contributed by atoms with Gasteiger partial charge in [-0.15, -0.1) is 0 Å². The molecule has 0 bridgehead atoms. The minimum Gasteiger partial charge on any atom is -0.383 e. The third-order valence-electron chi connectivity index (χ3n) is 3.79. The van der Waals surface area contributed by atoms with Crippen LogP contribution in [0.1, 0.15) is 10.4 Å². The maximum atomic E-state index is 12.5. The number of hydrogen-bond acceptors (Lipinski definition) is 6. The quantitative estimate of drug-likeness (QED) is 0.696. The van der Waals surface area contributed by atoms with Crippen molar-refractivity contribution < 1.29 is 27.4 Å². The van der Waals surface area contributed by atoms with E-state index in [-0.39, 0.29) is 29.0 Å². The standard InChI is InChI=1S/C16H24N2O6S/c1-18(6-7-22-2)25(20,21)15-5-3-4-13(10-15)16(19)17-11-14-12-23-8-9-24-14/h3-5,10,14H,6-9,11-12H2,1-2H3,(H,17,19)/t14-/m0/s1. The normalized spacial score (nSPS) is 18.3. The Labute approximate surface area is 148 Å². The highest BCUT2D eigenvalue weighted by Crippen LogP contribution is 2.16. The maximum absolute atomic E-state index is 12.5. The highest BCUT2D eigenvalue weighted by molar-refractivity contribution is 7.89. The SMILES string of the molecule is COCCN(C)S(=O)(=O)c1cccc(C(=O)NC[C@H]2COCCO2)c1. The van der Waals surface area contributed by atoms with Gasteiger partial charge in [0.25, 0.3) is 5.91 Å². The van der Waals surface area contributed by atoms with Crippen LogP contribution in [0.4, 0.5) is 0 Å². The summed E-state index contributed by atoms with van der Waals surface area (Å²) in [7, 11) is -0.694. The van der Waals surface area contributed by atoms with Crippen LogP contribution in [0.25, 0.3) is 0 Å². The Morgan fingerprint density at radius 3 is 2.88 bits per heavy atom. The fourth-order valence-corrected chi connectivity index (χ4v) is 3.48. The van der Waals surface area contributed by atoms with Gasteiger partial charge in [-0.2, -0.15) is 4.31 Å². The first kappa shape index (κ1) is 19.8. The van der Waals surface area contributed by atoms with Crippen LogP contribution < -0.4 is 5.32 Å². The molecule has 1 aliphatic rings. The molecule has 2 rings (SSSR count). The van der Waals surface area contributed by atoms with Gasteiger partial charge in [0.05, 0.1) is 37.4 Å².